The number of nitrogens with one attached hydrogen (secondary N) is 1. The van der Waals surface area contributed by atoms with Crippen molar-refractivity contribution in [3.8, 4) is 0 Å². The van der Waals surface area contributed by atoms with Crippen molar-refractivity contribution in [2.75, 3.05) is 26.2 Å². The first-order valence-electron chi connectivity index (χ1n) is 6.04. The highest BCUT2D eigenvalue weighted by Crippen LogP contribution is 2.27. The van der Waals surface area contributed by atoms with Crippen molar-refractivity contribution in [2.24, 2.45) is 0 Å². The summed E-state index contributed by atoms with van der Waals surface area (Å²) in [5.74, 6) is 0. The fourth-order valence-electron chi connectivity index (χ4n) is 2.06. The van der Waals surface area contributed by atoms with E-state index in [1.54, 1.807) is 11.4 Å². The number of likely N-dealkylation sites (tertiary alicyclic amines) is 1. The predicted octanol–water partition coefficient (Wildman–Crippen LogP) is 2.27. The molecule has 7 heteroatoms. The van der Waals surface area contributed by atoms with Crippen LogP contribution in [0, 0.1) is 0 Å². The summed E-state index contributed by atoms with van der Waals surface area (Å²) < 4.78 is 27.7. The van der Waals surface area contributed by atoms with E-state index in [9.17, 15) is 8.42 Å². The number of piperidine rings is 1. The molecule has 0 bridgehead atoms. The van der Waals surface area contributed by atoms with Gasteiger partial charge in [0.1, 0.15) is 4.21 Å². The van der Waals surface area contributed by atoms with E-state index in [0.29, 0.717) is 15.2 Å². The van der Waals surface area contributed by atoms with Crippen LogP contribution in [0.1, 0.15) is 19.3 Å². The lowest BCUT2D eigenvalue weighted by Gasteiger charge is -2.26. The molecule has 0 aromatic carbocycles. The normalized spacial score (nSPS) is 18.1. The molecule has 1 saturated heterocycles. The second-order valence-electron chi connectivity index (χ2n) is 4.36. The second kappa shape index (κ2) is 6.47. The van der Waals surface area contributed by atoms with Crippen molar-refractivity contribution in [3.05, 3.63) is 15.9 Å². The van der Waals surface area contributed by atoms with E-state index in [1.807, 2.05) is 0 Å². The van der Waals surface area contributed by atoms with Crippen molar-refractivity contribution in [2.45, 2.75) is 23.5 Å². The number of thiophene rings is 1. The molecule has 1 aromatic rings. The fraction of sp³-hybridized carbons (Fsp3) is 0.636. The van der Waals surface area contributed by atoms with Crippen LogP contribution >= 0.6 is 27.3 Å². The van der Waals surface area contributed by atoms with Crippen LogP contribution in [0.2, 0.25) is 0 Å². The minimum absolute atomic E-state index is 0.362. The quantitative estimate of drug-likeness (QED) is 0.884. The van der Waals surface area contributed by atoms with Crippen LogP contribution in [0.3, 0.4) is 0 Å². The Morgan fingerprint density at radius 2 is 2.06 bits per heavy atom. The molecule has 0 aliphatic carbocycles. The molecule has 1 fully saturated rings. The molecule has 0 radical (unpaired) electrons. The Hall–Kier alpha value is 0.0500. The average molecular weight is 353 g/mol. The smallest absolute Gasteiger partial charge is 0.251 e. The minimum Gasteiger partial charge on any atom is -0.302 e. The first kappa shape index (κ1) is 14.5. The Kier molecular flexibility index (Phi) is 5.20. The van der Waals surface area contributed by atoms with Gasteiger partial charge in [-0.1, -0.05) is 6.42 Å². The van der Waals surface area contributed by atoms with Gasteiger partial charge in [-0.25, -0.2) is 13.1 Å². The summed E-state index contributed by atoms with van der Waals surface area (Å²) in [4.78, 5) is 2.31. The number of hydrogen-bond acceptors (Lipinski definition) is 4. The van der Waals surface area contributed by atoms with E-state index in [4.69, 9.17) is 0 Å². The van der Waals surface area contributed by atoms with Crippen LogP contribution in [0.15, 0.2) is 20.1 Å². The van der Waals surface area contributed by atoms with Crippen molar-refractivity contribution in [3.63, 3.8) is 0 Å². The third-order valence-electron chi connectivity index (χ3n) is 3.00. The lowest BCUT2D eigenvalue weighted by molar-refractivity contribution is 0.233. The average Bonchev–Trinajstić information content (AvgIpc) is 2.77. The molecule has 0 saturated carbocycles. The molecule has 2 rings (SSSR count). The Bertz CT molecular complexity index is 481. The molecule has 0 spiro atoms. The lowest BCUT2D eigenvalue weighted by Crippen LogP contribution is -2.37. The van der Waals surface area contributed by atoms with Gasteiger partial charge in [0.05, 0.1) is 0 Å². The van der Waals surface area contributed by atoms with Crippen molar-refractivity contribution in [1.29, 1.82) is 0 Å². The molecule has 1 aliphatic heterocycles. The fourth-order valence-corrected chi connectivity index (χ4v) is 5.46. The second-order valence-corrected chi connectivity index (χ2v) is 8.09. The van der Waals surface area contributed by atoms with Crippen molar-refractivity contribution in [1.82, 2.24) is 9.62 Å². The van der Waals surface area contributed by atoms with Gasteiger partial charge in [0.25, 0.3) is 10.0 Å². The summed E-state index contributed by atoms with van der Waals surface area (Å²) in [5.41, 5.74) is 0. The zero-order chi connectivity index (χ0) is 13.0. The van der Waals surface area contributed by atoms with Gasteiger partial charge in [0, 0.05) is 17.6 Å². The SMILES string of the molecule is O=S(=O)(NCCN1CCCCC1)c1sccc1Br. The summed E-state index contributed by atoms with van der Waals surface area (Å²) in [6.07, 6.45) is 3.75. The maximum Gasteiger partial charge on any atom is 0.251 e. The van der Waals surface area contributed by atoms with Crippen molar-refractivity contribution >= 4 is 37.3 Å². The van der Waals surface area contributed by atoms with Gasteiger partial charge in [-0.2, -0.15) is 0 Å². The monoisotopic (exact) mass is 352 g/mol. The standard InChI is InChI=1S/C11H17BrN2O2S2/c12-10-4-9-17-11(10)18(15,16)13-5-8-14-6-2-1-3-7-14/h4,9,13H,1-3,5-8H2. The molecule has 1 aliphatic rings. The zero-order valence-electron chi connectivity index (χ0n) is 10.1. The van der Waals surface area contributed by atoms with E-state index >= 15 is 0 Å². The van der Waals surface area contributed by atoms with Gasteiger partial charge in [0.15, 0.2) is 0 Å². The van der Waals surface area contributed by atoms with Gasteiger partial charge < -0.3 is 4.90 Å². The number of halogens is 1. The molecule has 1 N–H and O–H groups in total. The number of rotatable bonds is 5. The highest BCUT2D eigenvalue weighted by molar-refractivity contribution is 9.10. The topological polar surface area (TPSA) is 49.4 Å². The third kappa shape index (κ3) is 3.77. The molecule has 4 nitrogen and oxygen atoms in total. The van der Waals surface area contributed by atoms with E-state index < -0.39 is 10.0 Å². The molecular weight excluding hydrogens is 336 g/mol. The van der Waals surface area contributed by atoms with Crippen LogP contribution in [0.25, 0.3) is 0 Å². The van der Waals surface area contributed by atoms with Crippen molar-refractivity contribution < 1.29 is 8.42 Å². The Morgan fingerprint density at radius 1 is 1.33 bits per heavy atom. The highest BCUT2D eigenvalue weighted by Gasteiger charge is 2.19. The van der Waals surface area contributed by atoms with Gasteiger partial charge in [0.2, 0.25) is 0 Å². The van der Waals surface area contributed by atoms with E-state index in [2.05, 4.69) is 25.6 Å². The predicted molar refractivity (Wildman–Crippen MR) is 77.5 cm³/mol. The summed E-state index contributed by atoms with van der Waals surface area (Å²) >= 11 is 4.48. The van der Waals surface area contributed by atoms with Gasteiger partial charge >= 0.3 is 0 Å². The van der Waals surface area contributed by atoms with Gasteiger partial charge in [-0.05, 0) is 53.3 Å². The lowest BCUT2D eigenvalue weighted by atomic mass is 10.1. The Balaban J connectivity index is 1.84. The molecule has 102 valence electrons. The molecule has 18 heavy (non-hydrogen) atoms. The first-order valence-corrected chi connectivity index (χ1v) is 9.20. The minimum atomic E-state index is -3.35. The number of nitrogens with zero attached hydrogens (tertiary/aromatic N) is 1. The summed E-state index contributed by atoms with van der Waals surface area (Å²) in [7, 11) is -3.35. The number of hydrogen-bond donors (Lipinski definition) is 1. The van der Waals surface area contributed by atoms with E-state index in [1.165, 1.54) is 30.6 Å². The summed E-state index contributed by atoms with van der Waals surface area (Å²) in [5, 5.41) is 1.77. The molecule has 0 amide bonds. The van der Waals surface area contributed by atoms with Gasteiger partial charge in [-0.15, -0.1) is 11.3 Å². The van der Waals surface area contributed by atoms with E-state index in [0.717, 1.165) is 19.6 Å². The largest absolute Gasteiger partial charge is 0.302 e. The Morgan fingerprint density at radius 3 is 2.67 bits per heavy atom. The first-order chi connectivity index (χ1) is 8.59. The summed E-state index contributed by atoms with van der Waals surface area (Å²) in [6, 6.07) is 1.75. The van der Waals surface area contributed by atoms with Crippen LogP contribution < -0.4 is 4.72 Å². The van der Waals surface area contributed by atoms with Crippen LogP contribution in [-0.4, -0.2) is 39.5 Å². The zero-order valence-corrected chi connectivity index (χ0v) is 13.3. The molecule has 2 heterocycles. The summed E-state index contributed by atoms with van der Waals surface area (Å²) in [6.45, 7) is 3.45. The highest BCUT2D eigenvalue weighted by atomic mass is 79.9. The van der Waals surface area contributed by atoms with Gasteiger partial charge in [-0.3, -0.25) is 0 Å². The van der Waals surface area contributed by atoms with Crippen LogP contribution in [-0.2, 0) is 10.0 Å². The molecule has 1 aromatic heterocycles. The third-order valence-corrected chi connectivity index (χ3v) is 7.13. The molecule has 0 atom stereocenters. The maximum absolute atomic E-state index is 12.0. The Labute approximate surface area is 121 Å². The van der Waals surface area contributed by atoms with Crippen LogP contribution in [0.5, 0.6) is 0 Å². The molecular formula is C11H17BrN2O2S2. The molecule has 0 unspecified atom stereocenters. The maximum atomic E-state index is 12.0. The number of sulfonamides is 1. The van der Waals surface area contributed by atoms with Crippen LogP contribution in [0.4, 0.5) is 0 Å². The van der Waals surface area contributed by atoms with E-state index in [-0.39, 0.29) is 0 Å².